The van der Waals surface area contributed by atoms with Gasteiger partial charge in [-0.25, -0.2) is 0 Å². The van der Waals surface area contributed by atoms with Gasteiger partial charge in [-0.2, -0.15) is 0 Å². The standard InChI is InChI=1S/C21H21N3O5/c1-28-13-6-7-14(18(11-13)29-2)19(25)22-12-5-8-16-15(10-12)21(27)24-9-3-4-17(24)20(26)23-16/h5-8,10-11,17H,3-4,9H2,1-2H3,(H,22,25)(H,23,26)/t17-/m0/s1. The van der Waals surface area contributed by atoms with Gasteiger partial charge >= 0.3 is 0 Å². The number of fused-ring (bicyclic) bond motifs is 2. The van der Waals surface area contributed by atoms with Crippen LogP contribution >= 0.6 is 0 Å². The van der Waals surface area contributed by atoms with Crippen LogP contribution < -0.4 is 20.1 Å². The summed E-state index contributed by atoms with van der Waals surface area (Å²) >= 11 is 0. The summed E-state index contributed by atoms with van der Waals surface area (Å²) in [6.07, 6.45) is 1.46. The summed E-state index contributed by atoms with van der Waals surface area (Å²) in [6, 6.07) is 9.34. The Balaban J connectivity index is 1.62. The SMILES string of the molecule is COc1ccc(C(=O)Nc2ccc3c(c2)C(=O)N2CCC[C@H]2C(=O)N3)c(OC)c1. The quantitative estimate of drug-likeness (QED) is 0.829. The van der Waals surface area contributed by atoms with Gasteiger partial charge in [0.1, 0.15) is 17.5 Å². The van der Waals surface area contributed by atoms with Crippen molar-refractivity contribution in [1.82, 2.24) is 4.90 Å². The molecule has 2 heterocycles. The van der Waals surface area contributed by atoms with E-state index in [1.54, 1.807) is 41.3 Å². The largest absolute Gasteiger partial charge is 0.497 e. The summed E-state index contributed by atoms with van der Waals surface area (Å²) in [5.74, 6) is 0.187. The van der Waals surface area contributed by atoms with Gasteiger partial charge in [-0.15, -0.1) is 0 Å². The molecule has 1 atom stereocenters. The van der Waals surface area contributed by atoms with Gasteiger partial charge in [0.25, 0.3) is 11.8 Å². The number of rotatable bonds is 4. The highest BCUT2D eigenvalue weighted by molar-refractivity contribution is 6.12. The molecule has 1 saturated heterocycles. The first-order valence-corrected chi connectivity index (χ1v) is 9.31. The van der Waals surface area contributed by atoms with Crippen molar-refractivity contribution in [2.24, 2.45) is 0 Å². The molecular formula is C21H21N3O5. The van der Waals surface area contributed by atoms with Crippen molar-refractivity contribution in [1.29, 1.82) is 0 Å². The van der Waals surface area contributed by atoms with Crippen LogP contribution in [0, 0.1) is 0 Å². The maximum Gasteiger partial charge on any atom is 0.259 e. The second kappa shape index (κ2) is 7.46. The minimum absolute atomic E-state index is 0.172. The lowest BCUT2D eigenvalue weighted by molar-refractivity contribution is -0.119. The molecule has 2 aliphatic heterocycles. The second-order valence-electron chi connectivity index (χ2n) is 6.93. The fraction of sp³-hybridized carbons (Fsp3) is 0.286. The summed E-state index contributed by atoms with van der Waals surface area (Å²) in [5, 5.41) is 5.61. The number of anilines is 2. The molecule has 0 saturated carbocycles. The molecule has 2 aromatic rings. The minimum atomic E-state index is -0.434. The van der Waals surface area contributed by atoms with E-state index < -0.39 is 6.04 Å². The van der Waals surface area contributed by atoms with Crippen LogP contribution in [0.5, 0.6) is 11.5 Å². The molecular weight excluding hydrogens is 374 g/mol. The molecule has 0 spiro atoms. The molecule has 8 heteroatoms. The van der Waals surface area contributed by atoms with E-state index in [4.69, 9.17) is 9.47 Å². The summed E-state index contributed by atoms with van der Waals surface area (Å²) in [4.78, 5) is 39.7. The van der Waals surface area contributed by atoms with Crippen LogP contribution in [0.4, 0.5) is 11.4 Å². The molecule has 150 valence electrons. The number of carbonyl (C=O) groups excluding carboxylic acids is 3. The third-order valence-electron chi connectivity index (χ3n) is 5.24. The van der Waals surface area contributed by atoms with Gasteiger partial charge in [0.15, 0.2) is 0 Å². The third kappa shape index (κ3) is 3.37. The van der Waals surface area contributed by atoms with Crippen LogP contribution in [-0.4, -0.2) is 49.4 Å². The van der Waals surface area contributed by atoms with Gasteiger partial charge in [0.05, 0.1) is 31.0 Å². The number of hydrogen-bond donors (Lipinski definition) is 2. The van der Waals surface area contributed by atoms with Crippen molar-refractivity contribution < 1.29 is 23.9 Å². The van der Waals surface area contributed by atoms with Gasteiger partial charge in [-0.3, -0.25) is 14.4 Å². The molecule has 0 unspecified atom stereocenters. The molecule has 2 aromatic carbocycles. The Morgan fingerprint density at radius 1 is 1.14 bits per heavy atom. The highest BCUT2D eigenvalue weighted by Gasteiger charge is 2.38. The van der Waals surface area contributed by atoms with E-state index in [0.29, 0.717) is 47.0 Å². The molecule has 2 N–H and O–H groups in total. The first-order valence-electron chi connectivity index (χ1n) is 9.31. The normalized spacial score (nSPS) is 17.7. The van der Waals surface area contributed by atoms with Gasteiger partial charge in [0, 0.05) is 18.3 Å². The van der Waals surface area contributed by atoms with Crippen LogP contribution in [0.25, 0.3) is 0 Å². The number of hydrogen-bond acceptors (Lipinski definition) is 5. The van der Waals surface area contributed by atoms with E-state index in [1.807, 2.05) is 0 Å². The number of methoxy groups -OCH3 is 2. The number of nitrogens with zero attached hydrogens (tertiary/aromatic N) is 1. The predicted molar refractivity (Wildman–Crippen MR) is 107 cm³/mol. The van der Waals surface area contributed by atoms with Crippen molar-refractivity contribution in [3.05, 3.63) is 47.5 Å². The Kier molecular flexibility index (Phi) is 4.84. The topological polar surface area (TPSA) is 97.0 Å². The van der Waals surface area contributed by atoms with Crippen molar-refractivity contribution >= 4 is 29.1 Å². The molecule has 4 rings (SSSR count). The molecule has 29 heavy (non-hydrogen) atoms. The maximum atomic E-state index is 12.9. The molecule has 0 radical (unpaired) electrons. The van der Waals surface area contributed by atoms with Crippen molar-refractivity contribution in [3.8, 4) is 11.5 Å². The summed E-state index contributed by atoms with van der Waals surface area (Å²) < 4.78 is 10.4. The Labute approximate surface area is 167 Å². The van der Waals surface area contributed by atoms with E-state index in [-0.39, 0.29) is 17.7 Å². The zero-order valence-electron chi connectivity index (χ0n) is 16.2. The van der Waals surface area contributed by atoms with Crippen LogP contribution in [0.2, 0.25) is 0 Å². The van der Waals surface area contributed by atoms with Crippen molar-refractivity contribution in [3.63, 3.8) is 0 Å². The molecule has 2 aliphatic rings. The van der Waals surface area contributed by atoms with Gasteiger partial charge in [-0.05, 0) is 43.2 Å². The average molecular weight is 395 g/mol. The maximum absolute atomic E-state index is 12.9. The lowest BCUT2D eigenvalue weighted by Gasteiger charge is -2.20. The van der Waals surface area contributed by atoms with Crippen molar-refractivity contribution in [2.75, 3.05) is 31.4 Å². The first-order chi connectivity index (χ1) is 14.0. The molecule has 0 bridgehead atoms. The number of amides is 3. The number of ether oxygens (including phenoxy) is 2. The third-order valence-corrected chi connectivity index (χ3v) is 5.24. The smallest absolute Gasteiger partial charge is 0.259 e. The Bertz CT molecular complexity index is 1000. The zero-order valence-corrected chi connectivity index (χ0v) is 16.2. The molecule has 0 aromatic heterocycles. The van der Waals surface area contributed by atoms with E-state index in [1.165, 1.54) is 14.2 Å². The molecule has 0 aliphatic carbocycles. The summed E-state index contributed by atoms with van der Waals surface area (Å²) in [7, 11) is 3.01. The Morgan fingerprint density at radius 3 is 2.72 bits per heavy atom. The number of nitrogens with one attached hydrogen (secondary N) is 2. The number of benzene rings is 2. The summed E-state index contributed by atoms with van der Waals surface area (Å²) in [5.41, 5.74) is 1.60. The lowest BCUT2D eigenvalue weighted by Crippen LogP contribution is -2.40. The number of carbonyl (C=O) groups is 3. The van der Waals surface area contributed by atoms with E-state index in [0.717, 1.165) is 6.42 Å². The highest BCUT2D eigenvalue weighted by atomic mass is 16.5. The minimum Gasteiger partial charge on any atom is -0.497 e. The fourth-order valence-corrected chi connectivity index (χ4v) is 3.75. The molecule has 3 amide bonds. The highest BCUT2D eigenvalue weighted by Crippen LogP contribution is 2.31. The predicted octanol–water partition coefficient (Wildman–Crippen LogP) is 2.51. The van der Waals surface area contributed by atoms with Crippen LogP contribution in [0.1, 0.15) is 33.6 Å². The van der Waals surface area contributed by atoms with E-state index in [9.17, 15) is 14.4 Å². The second-order valence-corrected chi connectivity index (χ2v) is 6.93. The Morgan fingerprint density at radius 2 is 1.97 bits per heavy atom. The molecule has 1 fully saturated rings. The van der Waals surface area contributed by atoms with Crippen LogP contribution in [0.15, 0.2) is 36.4 Å². The van der Waals surface area contributed by atoms with Gasteiger partial charge < -0.3 is 25.0 Å². The Hall–Kier alpha value is -3.55. The fourth-order valence-electron chi connectivity index (χ4n) is 3.75. The molecule has 8 nitrogen and oxygen atoms in total. The van der Waals surface area contributed by atoms with Crippen molar-refractivity contribution in [2.45, 2.75) is 18.9 Å². The monoisotopic (exact) mass is 395 g/mol. The first kappa shape index (κ1) is 18.8. The average Bonchev–Trinajstić information content (AvgIpc) is 3.20. The van der Waals surface area contributed by atoms with E-state index in [2.05, 4.69) is 10.6 Å². The van der Waals surface area contributed by atoms with E-state index >= 15 is 0 Å². The summed E-state index contributed by atoms with van der Waals surface area (Å²) in [6.45, 7) is 0.552. The van der Waals surface area contributed by atoms with Crippen LogP contribution in [0.3, 0.4) is 0 Å². The van der Waals surface area contributed by atoms with Gasteiger partial charge in [-0.1, -0.05) is 0 Å². The lowest BCUT2D eigenvalue weighted by atomic mass is 10.1. The van der Waals surface area contributed by atoms with Crippen LogP contribution in [-0.2, 0) is 4.79 Å². The van der Waals surface area contributed by atoms with Gasteiger partial charge in [0.2, 0.25) is 5.91 Å². The zero-order chi connectivity index (χ0) is 20.5.